The van der Waals surface area contributed by atoms with E-state index in [1.54, 1.807) is 27.6 Å². The number of benzene rings is 2. The fourth-order valence-corrected chi connectivity index (χ4v) is 10.5. The van der Waals surface area contributed by atoms with E-state index in [-0.39, 0.29) is 53.2 Å². The first kappa shape index (κ1) is 35.1. The summed E-state index contributed by atoms with van der Waals surface area (Å²) >= 11 is 0. The van der Waals surface area contributed by atoms with Gasteiger partial charge in [-0.1, -0.05) is 124 Å². The summed E-state index contributed by atoms with van der Waals surface area (Å²) in [4.78, 5) is 0. The SMILES string of the molecule is CC(C)c1cc(C(C)C)c(-c2ccccc2P(C2CCCCC2)C2CCCCC2)c(C(C)C)c1.[Cl-].[Cl-].[Pd+2]. The summed E-state index contributed by atoms with van der Waals surface area (Å²) in [5.41, 5.74) is 9.71. The van der Waals surface area contributed by atoms with Gasteiger partial charge in [0.25, 0.3) is 0 Å². The predicted molar refractivity (Wildman–Crippen MR) is 154 cm³/mol. The van der Waals surface area contributed by atoms with Crippen LogP contribution in [0.5, 0.6) is 0 Å². The second-order valence-corrected chi connectivity index (χ2v) is 14.8. The molecule has 0 atom stereocenters. The van der Waals surface area contributed by atoms with E-state index >= 15 is 0 Å². The minimum absolute atomic E-state index is 0. The molecule has 37 heavy (non-hydrogen) atoms. The zero-order chi connectivity index (χ0) is 24.2. The molecule has 4 heteroatoms. The molecule has 4 rings (SSSR count). The quantitative estimate of drug-likeness (QED) is 0.305. The number of hydrogen-bond donors (Lipinski definition) is 0. The molecule has 0 saturated heterocycles. The molecule has 210 valence electrons. The van der Waals surface area contributed by atoms with Gasteiger partial charge in [-0.2, -0.15) is 0 Å². The van der Waals surface area contributed by atoms with Crippen molar-refractivity contribution < 1.29 is 45.2 Å². The summed E-state index contributed by atoms with van der Waals surface area (Å²) < 4.78 is 0. The monoisotopic (exact) mass is 652 g/mol. The second kappa shape index (κ2) is 16.4. The minimum atomic E-state index is -0.120. The van der Waals surface area contributed by atoms with Crippen molar-refractivity contribution in [2.24, 2.45) is 0 Å². The standard InChI is InChI=1S/C33H49P.2ClH.Pd/c1-23(2)26-21-30(24(3)4)33(31(22-26)25(5)6)29-19-13-14-20-32(29)34(27-15-9-7-10-16-27)28-17-11-8-12-18-28;;;/h13-14,19-25,27-28H,7-12,15-18H2,1-6H3;2*1H;/q;;;+2/p-2. The van der Waals surface area contributed by atoms with Gasteiger partial charge < -0.3 is 24.8 Å². The Balaban J connectivity index is 0.00000228. The first-order valence-corrected chi connectivity index (χ1v) is 15.9. The molecule has 0 heterocycles. The van der Waals surface area contributed by atoms with Gasteiger partial charge in [-0.3, -0.25) is 0 Å². The molecule has 0 unspecified atom stereocenters. The molecule has 0 amide bonds. The molecular weight excluding hydrogens is 605 g/mol. The first-order valence-electron chi connectivity index (χ1n) is 14.4. The Bertz CT molecular complexity index is 896. The van der Waals surface area contributed by atoms with Gasteiger partial charge in [-0.05, 0) is 87.9 Å². The molecule has 2 aromatic carbocycles. The molecule has 0 spiro atoms. The van der Waals surface area contributed by atoms with Gasteiger partial charge in [0.05, 0.1) is 0 Å². The maximum atomic E-state index is 2.56. The summed E-state index contributed by atoms with van der Waals surface area (Å²) in [6, 6.07) is 14.8. The Hall–Kier alpha value is 0.112. The van der Waals surface area contributed by atoms with Crippen molar-refractivity contribution >= 4 is 13.2 Å². The van der Waals surface area contributed by atoms with Crippen LogP contribution in [0.15, 0.2) is 36.4 Å². The third-order valence-corrected chi connectivity index (χ3v) is 12.1. The molecule has 2 aromatic rings. The fraction of sp³-hybridized carbons (Fsp3) is 0.636. The summed E-state index contributed by atoms with van der Waals surface area (Å²) in [5, 5.41) is 1.75. The van der Waals surface area contributed by atoms with Crippen LogP contribution in [0.3, 0.4) is 0 Å². The summed E-state index contributed by atoms with van der Waals surface area (Å²) in [6.45, 7) is 14.3. The van der Waals surface area contributed by atoms with Gasteiger partial charge in [0, 0.05) is 0 Å². The van der Waals surface area contributed by atoms with Crippen molar-refractivity contribution in [2.45, 2.75) is 135 Å². The smallest absolute Gasteiger partial charge is 1.00 e. The topological polar surface area (TPSA) is 0 Å². The normalized spacial score (nSPS) is 17.0. The van der Waals surface area contributed by atoms with E-state index in [1.165, 1.54) is 69.8 Å². The largest absolute Gasteiger partial charge is 2.00 e. The van der Waals surface area contributed by atoms with Gasteiger partial charge >= 0.3 is 20.4 Å². The van der Waals surface area contributed by atoms with Crippen LogP contribution in [0.2, 0.25) is 0 Å². The molecule has 2 aliphatic rings. The Morgan fingerprint density at radius 2 is 1.05 bits per heavy atom. The molecular formula is C33H49Cl2PPd. The molecule has 0 N–H and O–H groups in total. The summed E-state index contributed by atoms with van der Waals surface area (Å²) in [7, 11) is -0.120. The van der Waals surface area contributed by atoms with E-state index in [4.69, 9.17) is 0 Å². The molecule has 0 bridgehead atoms. The van der Waals surface area contributed by atoms with Crippen molar-refractivity contribution in [2.75, 3.05) is 0 Å². The van der Waals surface area contributed by atoms with Crippen LogP contribution < -0.4 is 30.1 Å². The van der Waals surface area contributed by atoms with Crippen molar-refractivity contribution in [3.63, 3.8) is 0 Å². The Morgan fingerprint density at radius 1 is 0.622 bits per heavy atom. The van der Waals surface area contributed by atoms with Crippen molar-refractivity contribution in [1.82, 2.24) is 0 Å². The van der Waals surface area contributed by atoms with E-state index in [0.29, 0.717) is 17.8 Å². The van der Waals surface area contributed by atoms with E-state index in [0.717, 1.165) is 11.3 Å². The molecule has 2 saturated carbocycles. The van der Waals surface area contributed by atoms with E-state index < -0.39 is 0 Å². The molecule has 2 fully saturated rings. The molecule has 0 nitrogen and oxygen atoms in total. The molecule has 0 aliphatic heterocycles. The zero-order valence-corrected chi connectivity index (χ0v) is 27.9. The Kier molecular flexibility index (Phi) is 15.6. The number of rotatable bonds is 7. The molecule has 0 aromatic heterocycles. The van der Waals surface area contributed by atoms with Crippen LogP contribution in [0.25, 0.3) is 11.1 Å². The van der Waals surface area contributed by atoms with Crippen LogP contribution in [-0.4, -0.2) is 11.3 Å². The molecule has 2 aliphatic carbocycles. The predicted octanol–water partition coefficient (Wildman–Crippen LogP) is 4.50. The van der Waals surface area contributed by atoms with Gasteiger partial charge in [0.2, 0.25) is 0 Å². The van der Waals surface area contributed by atoms with E-state index in [9.17, 15) is 0 Å². The maximum absolute atomic E-state index is 2.56. The van der Waals surface area contributed by atoms with Crippen LogP contribution in [-0.2, 0) is 20.4 Å². The summed E-state index contributed by atoms with van der Waals surface area (Å²) in [5.74, 6) is 1.64. The van der Waals surface area contributed by atoms with Crippen LogP contribution in [0, 0.1) is 0 Å². The van der Waals surface area contributed by atoms with E-state index in [2.05, 4.69) is 77.9 Å². The molecule has 0 radical (unpaired) electrons. The number of halogens is 2. The summed E-state index contributed by atoms with van der Waals surface area (Å²) in [6.07, 6.45) is 14.6. The van der Waals surface area contributed by atoms with Crippen LogP contribution in [0.4, 0.5) is 0 Å². The van der Waals surface area contributed by atoms with Gasteiger partial charge in [-0.15, -0.1) is 0 Å². The average Bonchev–Trinajstić information content (AvgIpc) is 2.85. The Morgan fingerprint density at radius 3 is 1.46 bits per heavy atom. The van der Waals surface area contributed by atoms with Gasteiger partial charge in [0.15, 0.2) is 0 Å². The Labute approximate surface area is 256 Å². The van der Waals surface area contributed by atoms with Gasteiger partial charge in [-0.25, -0.2) is 0 Å². The second-order valence-electron chi connectivity index (χ2n) is 12.0. The fourth-order valence-electron chi connectivity index (χ4n) is 6.59. The van der Waals surface area contributed by atoms with Crippen molar-refractivity contribution in [3.05, 3.63) is 53.1 Å². The van der Waals surface area contributed by atoms with Crippen molar-refractivity contribution in [1.29, 1.82) is 0 Å². The minimum Gasteiger partial charge on any atom is -1.00 e. The zero-order valence-electron chi connectivity index (χ0n) is 23.9. The number of hydrogen-bond acceptors (Lipinski definition) is 0. The third-order valence-electron chi connectivity index (χ3n) is 8.52. The van der Waals surface area contributed by atoms with E-state index in [1.807, 2.05) is 0 Å². The van der Waals surface area contributed by atoms with Gasteiger partial charge in [0.1, 0.15) is 0 Å². The van der Waals surface area contributed by atoms with Crippen molar-refractivity contribution in [3.8, 4) is 11.1 Å². The maximum Gasteiger partial charge on any atom is 2.00 e. The average molecular weight is 654 g/mol. The third kappa shape index (κ3) is 8.31. The van der Waals surface area contributed by atoms with Crippen LogP contribution >= 0.6 is 7.92 Å². The first-order chi connectivity index (χ1) is 16.4. The van der Waals surface area contributed by atoms with Crippen LogP contribution in [0.1, 0.15) is 140 Å².